The Bertz CT molecular complexity index is 536. The molecule has 0 atom stereocenters. The Labute approximate surface area is 117 Å². The van der Waals surface area contributed by atoms with Gasteiger partial charge in [-0.15, -0.1) is 0 Å². The van der Waals surface area contributed by atoms with E-state index in [1.807, 2.05) is 12.1 Å². The van der Waals surface area contributed by atoms with Gasteiger partial charge in [0.05, 0.1) is 12.8 Å². The lowest BCUT2D eigenvalue weighted by Gasteiger charge is -2.11. The van der Waals surface area contributed by atoms with E-state index in [-0.39, 0.29) is 0 Å². The summed E-state index contributed by atoms with van der Waals surface area (Å²) in [5, 5.41) is 3.63. The van der Waals surface area contributed by atoms with E-state index in [2.05, 4.69) is 27.2 Å². The maximum Gasteiger partial charge on any atom is 0.218 e. The van der Waals surface area contributed by atoms with Gasteiger partial charge in [0.2, 0.25) is 5.88 Å². The number of hydrogen-bond acceptors (Lipinski definition) is 5. The van der Waals surface area contributed by atoms with E-state index < -0.39 is 0 Å². The number of rotatable bonds is 6. The summed E-state index contributed by atoms with van der Waals surface area (Å²) < 4.78 is 5.59. The Morgan fingerprint density at radius 1 is 1.37 bits per heavy atom. The number of ether oxygens (including phenoxy) is 1. The molecule has 1 N–H and O–H groups in total. The molecule has 2 rings (SSSR count). The topological polar surface area (TPSA) is 59.9 Å². The Morgan fingerprint density at radius 3 is 3.05 bits per heavy atom. The van der Waals surface area contributed by atoms with Gasteiger partial charge < -0.3 is 10.1 Å². The molecule has 0 unspecified atom stereocenters. The molecule has 0 aliphatic rings. The number of aromatic nitrogens is 3. The van der Waals surface area contributed by atoms with Crippen molar-refractivity contribution in [2.45, 2.75) is 19.9 Å². The molecule has 0 bridgehead atoms. The molecule has 0 saturated heterocycles. The van der Waals surface area contributed by atoms with Crippen molar-refractivity contribution in [3.8, 4) is 5.88 Å². The molecule has 0 aromatic carbocycles. The molecular weight excluding hydrogens is 264 g/mol. The zero-order chi connectivity index (χ0) is 13.5. The van der Waals surface area contributed by atoms with Crippen LogP contribution < -0.4 is 10.1 Å². The van der Waals surface area contributed by atoms with Crippen molar-refractivity contribution in [1.29, 1.82) is 0 Å². The molecule has 0 spiro atoms. The van der Waals surface area contributed by atoms with Gasteiger partial charge in [-0.2, -0.15) is 0 Å². The van der Waals surface area contributed by atoms with Crippen LogP contribution in [-0.2, 0) is 6.54 Å². The molecule has 0 aliphatic heterocycles. The second kappa shape index (κ2) is 6.89. The summed E-state index contributed by atoms with van der Waals surface area (Å²) in [5.41, 5.74) is 0.964. The molecule has 100 valence electrons. The quantitative estimate of drug-likeness (QED) is 0.880. The highest BCUT2D eigenvalue weighted by atomic mass is 35.5. The first kappa shape index (κ1) is 13.5. The molecule has 0 saturated carbocycles. The Morgan fingerprint density at radius 2 is 2.26 bits per heavy atom. The molecule has 6 heteroatoms. The minimum Gasteiger partial charge on any atom is -0.477 e. The standard InChI is InChI=1S/C13H15ClN4O/c1-2-6-19-13-10(4-3-5-16-13)7-17-12-11(14)8-15-9-18-12/h3-5,8-9H,2,6-7H2,1H3,(H,15,17,18). The zero-order valence-electron chi connectivity index (χ0n) is 10.6. The molecule has 2 aromatic rings. The molecule has 2 heterocycles. The maximum atomic E-state index is 5.98. The van der Waals surface area contributed by atoms with Crippen LogP contribution in [0.4, 0.5) is 5.82 Å². The van der Waals surface area contributed by atoms with E-state index in [1.165, 1.54) is 6.33 Å². The largest absolute Gasteiger partial charge is 0.477 e. The third-order valence-electron chi connectivity index (χ3n) is 2.41. The van der Waals surface area contributed by atoms with Crippen LogP contribution in [0, 0.1) is 0 Å². The summed E-state index contributed by atoms with van der Waals surface area (Å²) >= 11 is 5.98. The lowest BCUT2D eigenvalue weighted by atomic mass is 10.2. The summed E-state index contributed by atoms with van der Waals surface area (Å²) in [6.07, 6.45) is 5.66. The van der Waals surface area contributed by atoms with Gasteiger partial charge >= 0.3 is 0 Å². The number of anilines is 1. The molecule has 0 aliphatic carbocycles. The molecular formula is C13H15ClN4O. The first-order valence-electron chi connectivity index (χ1n) is 6.07. The number of nitrogens with zero attached hydrogens (tertiary/aromatic N) is 3. The second-order valence-electron chi connectivity index (χ2n) is 3.89. The predicted octanol–water partition coefficient (Wildman–Crippen LogP) is 2.93. The zero-order valence-corrected chi connectivity index (χ0v) is 11.4. The monoisotopic (exact) mass is 278 g/mol. The first-order chi connectivity index (χ1) is 9.31. The Kier molecular flexibility index (Phi) is 4.92. The van der Waals surface area contributed by atoms with Crippen LogP contribution in [0.3, 0.4) is 0 Å². The molecule has 0 amide bonds. The molecule has 0 fully saturated rings. The number of halogens is 1. The van der Waals surface area contributed by atoms with E-state index >= 15 is 0 Å². The first-order valence-corrected chi connectivity index (χ1v) is 6.45. The lowest BCUT2D eigenvalue weighted by molar-refractivity contribution is 0.302. The van der Waals surface area contributed by atoms with Gasteiger partial charge in [-0.1, -0.05) is 24.6 Å². The summed E-state index contributed by atoms with van der Waals surface area (Å²) in [4.78, 5) is 12.1. The third kappa shape index (κ3) is 3.79. The van der Waals surface area contributed by atoms with Crippen molar-refractivity contribution in [1.82, 2.24) is 15.0 Å². The van der Waals surface area contributed by atoms with E-state index in [0.717, 1.165) is 12.0 Å². The van der Waals surface area contributed by atoms with Crippen molar-refractivity contribution in [3.05, 3.63) is 41.4 Å². The van der Waals surface area contributed by atoms with Gasteiger partial charge in [-0.25, -0.2) is 15.0 Å². The van der Waals surface area contributed by atoms with Gasteiger partial charge in [0.25, 0.3) is 0 Å². The van der Waals surface area contributed by atoms with Gasteiger partial charge in [0, 0.05) is 18.3 Å². The highest BCUT2D eigenvalue weighted by Gasteiger charge is 2.06. The average molecular weight is 279 g/mol. The van der Waals surface area contributed by atoms with Crippen LogP contribution in [0.2, 0.25) is 5.02 Å². The minimum absolute atomic E-state index is 0.488. The van der Waals surface area contributed by atoms with Crippen molar-refractivity contribution in [3.63, 3.8) is 0 Å². The fraction of sp³-hybridized carbons (Fsp3) is 0.308. The fourth-order valence-electron chi connectivity index (χ4n) is 1.51. The number of nitrogens with one attached hydrogen (secondary N) is 1. The predicted molar refractivity (Wildman–Crippen MR) is 74.4 cm³/mol. The van der Waals surface area contributed by atoms with Gasteiger partial charge in [-0.3, -0.25) is 0 Å². The minimum atomic E-state index is 0.488. The van der Waals surface area contributed by atoms with Crippen LogP contribution in [0.25, 0.3) is 0 Å². The molecule has 5 nitrogen and oxygen atoms in total. The van der Waals surface area contributed by atoms with Crippen molar-refractivity contribution in [2.75, 3.05) is 11.9 Å². The van der Waals surface area contributed by atoms with Crippen molar-refractivity contribution in [2.24, 2.45) is 0 Å². The van der Waals surface area contributed by atoms with Crippen molar-refractivity contribution >= 4 is 17.4 Å². The summed E-state index contributed by atoms with van der Waals surface area (Å²) in [6, 6.07) is 3.83. The van der Waals surface area contributed by atoms with Gasteiger partial charge in [-0.05, 0) is 12.5 Å². The van der Waals surface area contributed by atoms with Crippen LogP contribution in [-0.4, -0.2) is 21.6 Å². The molecule has 19 heavy (non-hydrogen) atoms. The second-order valence-corrected chi connectivity index (χ2v) is 4.30. The summed E-state index contributed by atoms with van der Waals surface area (Å²) in [6.45, 7) is 3.25. The number of pyridine rings is 1. The highest BCUT2D eigenvalue weighted by molar-refractivity contribution is 6.32. The highest BCUT2D eigenvalue weighted by Crippen LogP contribution is 2.20. The molecule has 2 aromatic heterocycles. The average Bonchev–Trinajstić information content (AvgIpc) is 2.45. The van der Waals surface area contributed by atoms with Crippen LogP contribution >= 0.6 is 11.6 Å². The molecule has 0 radical (unpaired) electrons. The fourth-order valence-corrected chi connectivity index (χ4v) is 1.68. The Balaban J connectivity index is 2.05. The maximum absolute atomic E-state index is 5.98. The van der Waals surface area contributed by atoms with E-state index in [4.69, 9.17) is 16.3 Å². The summed E-state index contributed by atoms with van der Waals surface area (Å²) in [5.74, 6) is 1.24. The van der Waals surface area contributed by atoms with E-state index in [9.17, 15) is 0 Å². The third-order valence-corrected chi connectivity index (χ3v) is 2.68. The van der Waals surface area contributed by atoms with Crippen LogP contribution in [0.15, 0.2) is 30.9 Å². The van der Waals surface area contributed by atoms with Crippen LogP contribution in [0.5, 0.6) is 5.88 Å². The van der Waals surface area contributed by atoms with Gasteiger partial charge in [0.1, 0.15) is 17.2 Å². The smallest absolute Gasteiger partial charge is 0.218 e. The summed E-state index contributed by atoms with van der Waals surface area (Å²) in [7, 11) is 0. The van der Waals surface area contributed by atoms with Crippen molar-refractivity contribution < 1.29 is 4.74 Å². The lowest BCUT2D eigenvalue weighted by Crippen LogP contribution is -2.06. The van der Waals surface area contributed by atoms with E-state index in [0.29, 0.717) is 29.9 Å². The number of hydrogen-bond donors (Lipinski definition) is 1. The van der Waals surface area contributed by atoms with Gasteiger partial charge in [0.15, 0.2) is 0 Å². The SMILES string of the molecule is CCCOc1ncccc1CNc1ncncc1Cl. The Hall–Kier alpha value is -1.88. The van der Waals surface area contributed by atoms with Crippen LogP contribution in [0.1, 0.15) is 18.9 Å². The normalized spacial score (nSPS) is 10.2. The van der Waals surface area contributed by atoms with E-state index in [1.54, 1.807) is 12.4 Å².